The van der Waals surface area contributed by atoms with E-state index in [1.165, 1.54) is 4.90 Å². The third kappa shape index (κ3) is 3.78. The number of rotatable bonds is 3. The number of nitrogens with zero attached hydrogens (tertiary/aromatic N) is 1. The first kappa shape index (κ1) is 10.2. The van der Waals surface area contributed by atoms with E-state index in [0.29, 0.717) is 12.0 Å². The first-order valence-corrected chi connectivity index (χ1v) is 3.52. The third-order valence-corrected chi connectivity index (χ3v) is 1.25. The van der Waals surface area contributed by atoms with Crippen molar-refractivity contribution in [2.24, 2.45) is 0 Å². The Balaban J connectivity index is 3.94. The molecule has 11 heavy (non-hydrogen) atoms. The van der Waals surface area contributed by atoms with E-state index >= 15 is 0 Å². The Bertz CT molecular complexity index is 161. The van der Waals surface area contributed by atoms with Crippen LogP contribution in [0.3, 0.4) is 0 Å². The first-order valence-electron chi connectivity index (χ1n) is 3.52. The molecule has 0 fully saturated rings. The lowest BCUT2D eigenvalue weighted by Gasteiger charge is -2.12. The van der Waals surface area contributed by atoms with Gasteiger partial charge < -0.3 is 10.0 Å². The summed E-state index contributed by atoms with van der Waals surface area (Å²) < 4.78 is 0. The van der Waals surface area contributed by atoms with E-state index in [4.69, 9.17) is 5.11 Å². The number of aliphatic hydroxyl groups is 1. The van der Waals surface area contributed by atoms with Crippen molar-refractivity contribution in [2.45, 2.75) is 19.4 Å². The maximum Gasteiger partial charge on any atom is 0.248 e. The molecule has 0 aliphatic heterocycles. The Morgan fingerprint density at radius 3 is 2.36 bits per heavy atom. The fourth-order valence-electron chi connectivity index (χ4n) is 0.760. The SMILES string of the molecule is C=C(CC(C)O)C(=O)N(C)C. The molecule has 1 amide bonds. The molecule has 0 aliphatic carbocycles. The largest absolute Gasteiger partial charge is 0.393 e. The average Bonchev–Trinajstić information content (AvgIpc) is 1.84. The zero-order valence-corrected chi connectivity index (χ0v) is 7.29. The van der Waals surface area contributed by atoms with Crippen molar-refractivity contribution in [3.05, 3.63) is 12.2 Å². The van der Waals surface area contributed by atoms with Crippen LogP contribution in [0.4, 0.5) is 0 Å². The van der Waals surface area contributed by atoms with Gasteiger partial charge in [0, 0.05) is 26.1 Å². The summed E-state index contributed by atoms with van der Waals surface area (Å²) in [5, 5.41) is 8.92. The van der Waals surface area contributed by atoms with Gasteiger partial charge in [-0.25, -0.2) is 0 Å². The number of hydrogen-bond acceptors (Lipinski definition) is 2. The van der Waals surface area contributed by atoms with Crippen LogP contribution in [0.2, 0.25) is 0 Å². The fraction of sp³-hybridized carbons (Fsp3) is 0.625. The zero-order chi connectivity index (χ0) is 9.02. The minimum Gasteiger partial charge on any atom is -0.393 e. The van der Waals surface area contributed by atoms with Crippen LogP contribution in [0.15, 0.2) is 12.2 Å². The van der Waals surface area contributed by atoms with Crippen LogP contribution >= 0.6 is 0 Å². The lowest BCUT2D eigenvalue weighted by Crippen LogP contribution is -2.24. The van der Waals surface area contributed by atoms with Gasteiger partial charge in [0.25, 0.3) is 0 Å². The van der Waals surface area contributed by atoms with Crippen molar-refractivity contribution < 1.29 is 9.90 Å². The van der Waals surface area contributed by atoms with Gasteiger partial charge in [0.2, 0.25) is 5.91 Å². The number of likely N-dealkylation sites (N-methyl/N-ethyl adjacent to an activating group) is 1. The summed E-state index contributed by atoms with van der Waals surface area (Å²) >= 11 is 0. The monoisotopic (exact) mass is 157 g/mol. The number of aliphatic hydroxyl groups excluding tert-OH is 1. The molecule has 0 bridgehead atoms. The van der Waals surface area contributed by atoms with Crippen LogP contribution in [-0.2, 0) is 4.79 Å². The average molecular weight is 157 g/mol. The molecule has 3 heteroatoms. The first-order chi connectivity index (χ1) is 4.95. The topological polar surface area (TPSA) is 40.5 Å². The van der Waals surface area contributed by atoms with E-state index in [0.717, 1.165) is 0 Å². The van der Waals surface area contributed by atoms with Crippen molar-refractivity contribution in [3.63, 3.8) is 0 Å². The highest BCUT2D eigenvalue weighted by Crippen LogP contribution is 2.04. The quantitative estimate of drug-likeness (QED) is 0.602. The van der Waals surface area contributed by atoms with Gasteiger partial charge in [-0.15, -0.1) is 0 Å². The summed E-state index contributed by atoms with van der Waals surface area (Å²) in [6.07, 6.45) is -0.150. The van der Waals surface area contributed by atoms with Crippen LogP contribution in [0, 0.1) is 0 Å². The van der Waals surface area contributed by atoms with Gasteiger partial charge in [0.1, 0.15) is 0 Å². The van der Waals surface area contributed by atoms with Crippen molar-refractivity contribution in [1.82, 2.24) is 4.90 Å². The Hall–Kier alpha value is -0.830. The maximum atomic E-state index is 11.1. The second kappa shape index (κ2) is 4.13. The summed E-state index contributed by atoms with van der Waals surface area (Å²) in [4.78, 5) is 12.5. The number of carbonyl (C=O) groups excluding carboxylic acids is 1. The van der Waals surface area contributed by atoms with Crippen LogP contribution in [0.1, 0.15) is 13.3 Å². The molecule has 0 aromatic carbocycles. The molecule has 1 unspecified atom stereocenters. The Morgan fingerprint density at radius 2 is 2.09 bits per heavy atom. The summed E-state index contributed by atoms with van der Waals surface area (Å²) in [5.74, 6) is -0.120. The zero-order valence-electron chi connectivity index (χ0n) is 7.29. The second-order valence-corrected chi connectivity index (χ2v) is 2.86. The molecule has 0 saturated carbocycles. The highest BCUT2D eigenvalue weighted by Gasteiger charge is 2.10. The lowest BCUT2D eigenvalue weighted by molar-refractivity contribution is -0.125. The molecule has 0 rings (SSSR count). The summed E-state index contributed by atoms with van der Waals surface area (Å²) in [7, 11) is 3.32. The minimum atomic E-state index is -0.494. The van der Waals surface area contributed by atoms with E-state index in [-0.39, 0.29) is 5.91 Å². The lowest BCUT2D eigenvalue weighted by atomic mass is 10.1. The Kier molecular flexibility index (Phi) is 3.82. The summed E-state index contributed by atoms with van der Waals surface area (Å²) in [6, 6.07) is 0. The summed E-state index contributed by atoms with van der Waals surface area (Å²) in [5.41, 5.74) is 0.449. The number of amides is 1. The molecule has 3 nitrogen and oxygen atoms in total. The van der Waals surface area contributed by atoms with Gasteiger partial charge in [-0.05, 0) is 6.92 Å². The van der Waals surface area contributed by atoms with E-state index in [1.54, 1.807) is 21.0 Å². The molecule has 0 aromatic heterocycles. The molecule has 64 valence electrons. The standard InChI is InChI=1S/C8H15NO2/c1-6(5-7(2)10)8(11)9(3)4/h7,10H,1,5H2,2-4H3. The molecular weight excluding hydrogens is 142 g/mol. The van der Waals surface area contributed by atoms with Gasteiger partial charge in [0.05, 0.1) is 6.10 Å². The molecular formula is C8H15NO2. The number of carbonyl (C=O) groups is 1. The normalized spacial score (nSPS) is 12.4. The molecule has 0 radical (unpaired) electrons. The third-order valence-electron chi connectivity index (χ3n) is 1.25. The second-order valence-electron chi connectivity index (χ2n) is 2.86. The molecule has 0 spiro atoms. The van der Waals surface area contributed by atoms with Gasteiger partial charge in [-0.3, -0.25) is 4.79 Å². The van der Waals surface area contributed by atoms with Gasteiger partial charge in [-0.2, -0.15) is 0 Å². The Labute approximate surface area is 67.3 Å². The molecule has 1 atom stereocenters. The molecule has 0 saturated heterocycles. The van der Waals surface area contributed by atoms with Crippen LogP contribution in [0.25, 0.3) is 0 Å². The predicted molar refractivity (Wildman–Crippen MR) is 44.1 cm³/mol. The smallest absolute Gasteiger partial charge is 0.248 e. The van der Waals surface area contributed by atoms with Crippen molar-refractivity contribution >= 4 is 5.91 Å². The predicted octanol–water partition coefficient (Wildman–Crippen LogP) is 0.402. The van der Waals surface area contributed by atoms with Crippen LogP contribution < -0.4 is 0 Å². The van der Waals surface area contributed by atoms with Crippen LogP contribution in [0.5, 0.6) is 0 Å². The highest BCUT2D eigenvalue weighted by molar-refractivity contribution is 5.92. The van der Waals surface area contributed by atoms with Gasteiger partial charge in [0.15, 0.2) is 0 Å². The van der Waals surface area contributed by atoms with Crippen molar-refractivity contribution in [3.8, 4) is 0 Å². The number of hydrogen-bond donors (Lipinski definition) is 1. The van der Waals surface area contributed by atoms with E-state index < -0.39 is 6.10 Å². The molecule has 0 heterocycles. The van der Waals surface area contributed by atoms with Crippen molar-refractivity contribution in [1.29, 1.82) is 0 Å². The van der Waals surface area contributed by atoms with Gasteiger partial charge >= 0.3 is 0 Å². The van der Waals surface area contributed by atoms with E-state index in [9.17, 15) is 4.79 Å². The van der Waals surface area contributed by atoms with Crippen molar-refractivity contribution in [2.75, 3.05) is 14.1 Å². The van der Waals surface area contributed by atoms with Crippen LogP contribution in [-0.4, -0.2) is 36.1 Å². The van der Waals surface area contributed by atoms with E-state index in [1.807, 2.05) is 0 Å². The summed E-state index contributed by atoms with van der Waals surface area (Å²) in [6.45, 7) is 5.20. The van der Waals surface area contributed by atoms with E-state index in [2.05, 4.69) is 6.58 Å². The molecule has 0 aliphatic rings. The molecule has 1 N–H and O–H groups in total. The highest BCUT2D eigenvalue weighted by atomic mass is 16.3. The minimum absolute atomic E-state index is 0.120. The molecule has 0 aromatic rings. The fourth-order valence-corrected chi connectivity index (χ4v) is 0.760. The van der Waals surface area contributed by atoms with Gasteiger partial charge in [-0.1, -0.05) is 6.58 Å². The Morgan fingerprint density at radius 1 is 1.64 bits per heavy atom. The maximum absolute atomic E-state index is 11.1.